The summed E-state index contributed by atoms with van der Waals surface area (Å²) in [5.41, 5.74) is 4.26. The van der Waals surface area contributed by atoms with Crippen LogP contribution in [-0.2, 0) is 6.54 Å². The molecule has 136 valence electrons. The molecule has 3 aromatic heterocycles. The van der Waals surface area contributed by atoms with Crippen LogP contribution in [-0.4, -0.2) is 24.5 Å². The van der Waals surface area contributed by atoms with Gasteiger partial charge in [-0.25, -0.2) is 9.48 Å². The average molecular weight is 361 g/mol. The molecule has 0 spiro atoms. The molecular formula is C20H19N5O2. The number of hydrogen-bond donors (Lipinski definition) is 0. The second-order valence-electron chi connectivity index (χ2n) is 7.15. The summed E-state index contributed by atoms with van der Waals surface area (Å²) in [5.74, 6) is 0.149. The van der Waals surface area contributed by atoms with Crippen LogP contribution in [0.2, 0.25) is 0 Å². The topological polar surface area (TPSA) is 78.7 Å². The van der Waals surface area contributed by atoms with E-state index in [1.54, 1.807) is 10.6 Å². The quantitative estimate of drug-likeness (QED) is 0.546. The maximum absolute atomic E-state index is 12.2. The molecule has 0 unspecified atom stereocenters. The predicted molar refractivity (Wildman–Crippen MR) is 99.4 cm³/mol. The van der Waals surface area contributed by atoms with E-state index in [4.69, 9.17) is 4.42 Å². The van der Waals surface area contributed by atoms with Crippen LogP contribution >= 0.6 is 0 Å². The second-order valence-corrected chi connectivity index (χ2v) is 7.15. The van der Waals surface area contributed by atoms with Crippen molar-refractivity contribution in [2.45, 2.75) is 32.4 Å². The fourth-order valence-corrected chi connectivity index (χ4v) is 3.57. The Morgan fingerprint density at radius 3 is 2.93 bits per heavy atom. The number of nitrogens with zero attached hydrogens (tertiary/aromatic N) is 5. The molecule has 0 aliphatic heterocycles. The minimum Gasteiger partial charge on any atom is -0.408 e. The van der Waals surface area contributed by atoms with E-state index in [1.807, 2.05) is 41.3 Å². The molecule has 5 rings (SSSR count). The summed E-state index contributed by atoms with van der Waals surface area (Å²) in [6.07, 6.45) is 6.10. The lowest BCUT2D eigenvalue weighted by Crippen LogP contribution is -2.16. The van der Waals surface area contributed by atoms with Gasteiger partial charge in [0, 0.05) is 6.20 Å². The van der Waals surface area contributed by atoms with Gasteiger partial charge >= 0.3 is 5.76 Å². The average Bonchev–Trinajstić information content (AvgIpc) is 3.30. The molecule has 1 aromatic carbocycles. The van der Waals surface area contributed by atoms with Gasteiger partial charge in [-0.3, -0.25) is 9.55 Å². The van der Waals surface area contributed by atoms with Crippen molar-refractivity contribution in [2.24, 2.45) is 5.92 Å². The number of pyridine rings is 1. The number of oxazole rings is 1. The van der Waals surface area contributed by atoms with Crippen molar-refractivity contribution in [3.63, 3.8) is 0 Å². The Balaban J connectivity index is 1.48. The predicted octanol–water partition coefficient (Wildman–Crippen LogP) is 2.94. The summed E-state index contributed by atoms with van der Waals surface area (Å²) in [7, 11) is 0. The zero-order valence-electron chi connectivity index (χ0n) is 14.9. The van der Waals surface area contributed by atoms with Gasteiger partial charge in [0.25, 0.3) is 0 Å². The lowest BCUT2D eigenvalue weighted by Gasteiger charge is -2.16. The molecule has 0 amide bonds. The van der Waals surface area contributed by atoms with E-state index in [9.17, 15) is 4.79 Å². The minimum absolute atomic E-state index is 0.0870. The van der Waals surface area contributed by atoms with E-state index in [0.717, 1.165) is 16.9 Å². The molecule has 1 aliphatic rings. The number of benzene rings is 1. The Hall–Kier alpha value is -3.22. The maximum atomic E-state index is 12.2. The van der Waals surface area contributed by atoms with Crippen LogP contribution in [0.1, 0.15) is 35.8 Å². The van der Waals surface area contributed by atoms with E-state index >= 15 is 0 Å². The number of fused-ring (bicyclic) bond motifs is 1. The summed E-state index contributed by atoms with van der Waals surface area (Å²) >= 11 is 0. The van der Waals surface area contributed by atoms with Gasteiger partial charge < -0.3 is 4.42 Å². The van der Waals surface area contributed by atoms with Crippen LogP contribution in [0.25, 0.3) is 11.1 Å². The normalized spacial score (nSPS) is 15.3. The van der Waals surface area contributed by atoms with Crippen molar-refractivity contribution in [2.75, 3.05) is 0 Å². The number of aromatic nitrogens is 5. The Labute approximate surface area is 155 Å². The van der Waals surface area contributed by atoms with E-state index in [2.05, 4.69) is 28.3 Å². The van der Waals surface area contributed by atoms with Gasteiger partial charge in [-0.1, -0.05) is 17.3 Å². The highest BCUT2D eigenvalue weighted by Gasteiger charge is 2.35. The molecule has 27 heavy (non-hydrogen) atoms. The molecule has 7 nitrogen and oxygen atoms in total. The van der Waals surface area contributed by atoms with Gasteiger partial charge in [0.2, 0.25) is 0 Å². The fourth-order valence-electron chi connectivity index (χ4n) is 3.57. The van der Waals surface area contributed by atoms with Gasteiger partial charge in [-0.05, 0) is 55.5 Å². The van der Waals surface area contributed by atoms with Crippen LogP contribution in [0.4, 0.5) is 0 Å². The Morgan fingerprint density at radius 1 is 1.26 bits per heavy atom. The highest BCUT2D eigenvalue weighted by atomic mass is 16.4. The van der Waals surface area contributed by atoms with E-state index < -0.39 is 0 Å². The number of hydrogen-bond acceptors (Lipinski definition) is 5. The van der Waals surface area contributed by atoms with Crippen LogP contribution in [0, 0.1) is 12.8 Å². The summed E-state index contributed by atoms with van der Waals surface area (Å²) in [6, 6.07) is 11.6. The first-order chi connectivity index (χ1) is 13.2. The molecule has 0 N–H and O–H groups in total. The molecule has 1 saturated carbocycles. The molecule has 1 atom stereocenters. The van der Waals surface area contributed by atoms with Crippen LogP contribution in [0.15, 0.2) is 58.0 Å². The Morgan fingerprint density at radius 2 is 2.11 bits per heavy atom. The first-order valence-corrected chi connectivity index (χ1v) is 9.11. The summed E-state index contributed by atoms with van der Waals surface area (Å²) in [6.45, 7) is 2.40. The highest BCUT2D eigenvalue weighted by Crippen LogP contribution is 2.42. The molecule has 4 aromatic rings. The molecule has 1 aliphatic carbocycles. The number of para-hydroxylation sites is 2. The van der Waals surface area contributed by atoms with E-state index in [1.165, 1.54) is 18.4 Å². The van der Waals surface area contributed by atoms with Gasteiger partial charge in [0.1, 0.15) is 5.69 Å². The molecular weight excluding hydrogens is 342 g/mol. The smallest absolute Gasteiger partial charge is 0.408 e. The summed E-state index contributed by atoms with van der Waals surface area (Å²) < 4.78 is 8.77. The highest BCUT2D eigenvalue weighted by molar-refractivity contribution is 5.72. The van der Waals surface area contributed by atoms with Crippen molar-refractivity contribution in [1.82, 2.24) is 24.5 Å². The molecule has 7 heteroatoms. The largest absolute Gasteiger partial charge is 0.420 e. The van der Waals surface area contributed by atoms with Gasteiger partial charge in [-0.2, -0.15) is 0 Å². The van der Waals surface area contributed by atoms with E-state index in [0.29, 0.717) is 18.0 Å². The van der Waals surface area contributed by atoms with Crippen LogP contribution in [0.5, 0.6) is 0 Å². The summed E-state index contributed by atoms with van der Waals surface area (Å²) in [5, 5.41) is 8.66. The number of rotatable bonds is 5. The maximum Gasteiger partial charge on any atom is 0.420 e. The Kier molecular flexibility index (Phi) is 3.67. The zero-order chi connectivity index (χ0) is 18.4. The van der Waals surface area contributed by atoms with Crippen LogP contribution in [0.3, 0.4) is 0 Å². The third-order valence-electron chi connectivity index (χ3n) is 5.04. The lowest BCUT2D eigenvalue weighted by molar-refractivity contribution is 0.448. The first kappa shape index (κ1) is 16.0. The summed E-state index contributed by atoms with van der Waals surface area (Å²) in [4.78, 5) is 16.8. The Bertz CT molecular complexity index is 1170. The van der Waals surface area contributed by atoms with Crippen molar-refractivity contribution in [3.05, 3.63) is 76.3 Å². The standard InChI is InChI=1S/C20H19N5O2/c1-13-8-9-21-16(10-13)19(14-6-7-14)25-12-15(22-23-25)11-24-17-4-2-3-5-18(17)27-20(24)26/h2-5,8-10,12,14,19H,6-7,11H2,1H3/t19-/m0/s1. The zero-order valence-corrected chi connectivity index (χ0v) is 14.9. The van der Waals surface area contributed by atoms with Crippen molar-refractivity contribution in [1.29, 1.82) is 0 Å². The molecule has 0 bridgehead atoms. The lowest BCUT2D eigenvalue weighted by atomic mass is 10.1. The van der Waals surface area contributed by atoms with Crippen molar-refractivity contribution >= 4 is 11.1 Å². The third-order valence-corrected chi connectivity index (χ3v) is 5.04. The molecule has 1 fully saturated rings. The fraction of sp³-hybridized carbons (Fsp3) is 0.300. The van der Waals surface area contributed by atoms with Gasteiger partial charge in [0.05, 0.1) is 30.0 Å². The molecule has 0 saturated heterocycles. The minimum atomic E-state index is -0.384. The van der Waals surface area contributed by atoms with Crippen molar-refractivity contribution < 1.29 is 4.42 Å². The third kappa shape index (κ3) is 2.95. The van der Waals surface area contributed by atoms with Gasteiger partial charge in [-0.15, -0.1) is 5.10 Å². The van der Waals surface area contributed by atoms with Crippen molar-refractivity contribution in [3.8, 4) is 0 Å². The second kappa shape index (κ2) is 6.19. The molecule has 0 radical (unpaired) electrons. The number of aryl methyl sites for hydroxylation is 1. The first-order valence-electron chi connectivity index (χ1n) is 9.11. The monoisotopic (exact) mass is 361 g/mol. The van der Waals surface area contributed by atoms with E-state index in [-0.39, 0.29) is 11.8 Å². The van der Waals surface area contributed by atoms with Gasteiger partial charge in [0.15, 0.2) is 5.58 Å². The SMILES string of the molecule is Cc1ccnc([C@H](C2CC2)n2cc(Cn3c(=O)oc4ccccc43)nn2)c1. The van der Waals surface area contributed by atoms with Crippen LogP contribution < -0.4 is 5.76 Å². The molecule has 3 heterocycles.